The monoisotopic (exact) mass is 465 g/mol. The minimum atomic E-state index is -3.75. The molecule has 0 aromatic heterocycles. The second-order valence-electron chi connectivity index (χ2n) is 7.56. The molecule has 1 N–H and O–H groups in total. The van der Waals surface area contributed by atoms with Crippen LogP contribution in [0.3, 0.4) is 0 Å². The number of hydrogen-bond donors (Lipinski definition) is 1. The van der Waals surface area contributed by atoms with Crippen LogP contribution in [0.25, 0.3) is 0 Å². The normalized spacial score (nSPS) is 12.2. The maximum Gasteiger partial charge on any atom is 0.244 e. The number of anilines is 1. The number of hydrogen-bond acceptors (Lipinski definition) is 4. The lowest BCUT2D eigenvalue weighted by Gasteiger charge is -2.31. The number of benzene rings is 2. The summed E-state index contributed by atoms with van der Waals surface area (Å²) in [7, 11) is -2.26. The summed E-state index contributed by atoms with van der Waals surface area (Å²) in [6.07, 6.45) is 1.06. The molecule has 0 aliphatic heterocycles. The van der Waals surface area contributed by atoms with Crippen molar-refractivity contribution in [3.63, 3.8) is 0 Å². The van der Waals surface area contributed by atoms with Crippen molar-refractivity contribution in [1.82, 2.24) is 10.2 Å². The minimum absolute atomic E-state index is 0.110. The zero-order valence-electron chi connectivity index (χ0n) is 18.3. The Morgan fingerprint density at radius 3 is 2.23 bits per heavy atom. The molecule has 0 fully saturated rings. The van der Waals surface area contributed by atoms with E-state index in [1.807, 2.05) is 19.9 Å². The number of nitrogens with zero attached hydrogens (tertiary/aromatic N) is 2. The summed E-state index contributed by atoms with van der Waals surface area (Å²) in [4.78, 5) is 26.9. The molecule has 31 heavy (non-hydrogen) atoms. The third-order valence-corrected chi connectivity index (χ3v) is 6.20. The molecule has 2 aromatic rings. The zero-order chi connectivity index (χ0) is 23.3. The Morgan fingerprint density at radius 2 is 1.71 bits per heavy atom. The van der Waals surface area contributed by atoms with Gasteiger partial charge < -0.3 is 10.2 Å². The summed E-state index contributed by atoms with van der Waals surface area (Å²) in [5.74, 6) is -0.853. The third-order valence-electron chi connectivity index (χ3n) is 4.83. The van der Waals surface area contributed by atoms with Gasteiger partial charge in [0, 0.05) is 18.6 Å². The van der Waals surface area contributed by atoms with Crippen LogP contribution in [0.15, 0.2) is 42.5 Å². The molecule has 168 valence electrons. The first kappa shape index (κ1) is 24.7. The van der Waals surface area contributed by atoms with Crippen molar-refractivity contribution in [2.45, 2.75) is 33.4 Å². The van der Waals surface area contributed by atoms with E-state index in [2.05, 4.69) is 5.32 Å². The van der Waals surface area contributed by atoms with E-state index in [1.54, 1.807) is 43.3 Å². The maximum absolute atomic E-state index is 13.3. The molecule has 0 saturated carbocycles. The molecule has 0 aliphatic rings. The molecule has 0 radical (unpaired) electrons. The Hall–Kier alpha value is -2.58. The van der Waals surface area contributed by atoms with Gasteiger partial charge in [0.25, 0.3) is 0 Å². The van der Waals surface area contributed by atoms with E-state index in [4.69, 9.17) is 11.6 Å². The van der Waals surface area contributed by atoms with E-state index < -0.39 is 28.5 Å². The largest absolute Gasteiger partial charge is 0.357 e. The summed E-state index contributed by atoms with van der Waals surface area (Å²) >= 11 is 6.06. The zero-order valence-corrected chi connectivity index (χ0v) is 19.9. The van der Waals surface area contributed by atoms with E-state index in [1.165, 1.54) is 11.9 Å². The van der Waals surface area contributed by atoms with Gasteiger partial charge in [0.05, 0.1) is 11.9 Å². The van der Waals surface area contributed by atoms with Crippen molar-refractivity contribution < 1.29 is 18.0 Å². The first-order valence-electron chi connectivity index (χ1n) is 9.74. The molecule has 9 heteroatoms. The van der Waals surface area contributed by atoms with E-state index in [0.717, 1.165) is 27.3 Å². The lowest BCUT2D eigenvalue weighted by atomic mass is 10.1. The molecule has 0 aliphatic carbocycles. The highest BCUT2D eigenvalue weighted by Crippen LogP contribution is 2.22. The first-order chi connectivity index (χ1) is 14.4. The molecule has 0 bridgehead atoms. The van der Waals surface area contributed by atoms with E-state index >= 15 is 0 Å². The fourth-order valence-corrected chi connectivity index (χ4v) is 4.38. The number of aryl methyl sites for hydroxylation is 2. The van der Waals surface area contributed by atoms with Crippen LogP contribution in [0.2, 0.25) is 5.02 Å². The SMILES string of the molecule is CNC(=O)[C@H](C)N(Cc1cccc(Cl)c1)C(=O)CN(c1cc(C)cc(C)c1)S(C)(=O)=O. The highest BCUT2D eigenvalue weighted by atomic mass is 35.5. The van der Waals surface area contributed by atoms with Crippen LogP contribution in [-0.2, 0) is 26.2 Å². The lowest BCUT2D eigenvalue weighted by Crippen LogP contribution is -2.50. The summed E-state index contributed by atoms with van der Waals surface area (Å²) in [5.41, 5.74) is 2.90. The molecule has 0 heterocycles. The molecule has 1 atom stereocenters. The number of amides is 2. The molecule has 0 spiro atoms. The van der Waals surface area contributed by atoms with Gasteiger partial charge in [0.1, 0.15) is 12.6 Å². The number of likely N-dealkylation sites (N-methyl/N-ethyl adjacent to an activating group) is 1. The van der Waals surface area contributed by atoms with E-state index in [0.29, 0.717) is 10.7 Å². The van der Waals surface area contributed by atoms with Crippen LogP contribution in [0, 0.1) is 13.8 Å². The molecule has 2 rings (SSSR count). The van der Waals surface area contributed by atoms with Crippen LogP contribution in [-0.4, -0.2) is 51.0 Å². The average molecular weight is 466 g/mol. The van der Waals surface area contributed by atoms with E-state index in [-0.39, 0.29) is 12.5 Å². The smallest absolute Gasteiger partial charge is 0.244 e. The number of rotatable bonds is 8. The fraction of sp³-hybridized carbons (Fsp3) is 0.364. The second-order valence-corrected chi connectivity index (χ2v) is 9.90. The Bertz CT molecular complexity index is 1050. The van der Waals surface area contributed by atoms with Gasteiger partial charge in [-0.2, -0.15) is 0 Å². The van der Waals surface area contributed by atoms with Crippen molar-refractivity contribution in [3.8, 4) is 0 Å². The van der Waals surface area contributed by atoms with Crippen molar-refractivity contribution in [2.24, 2.45) is 0 Å². The van der Waals surface area contributed by atoms with Crippen LogP contribution < -0.4 is 9.62 Å². The summed E-state index contributed by atoms with van der Waals surface area (Å²) in [5, 5.41) is 3.04. The van der Waals surface area contributed by atoms with Crippen molar-refractivity contribution in [1.29, 1.82) is 0 Å². The number of carbonyl (C=O) groups is 2. The molecular formula is C22H28ClN3O4S. The molecular weight excluding hydrogens is 438 g/mol. The predicted octanol–water partition coefficient (Wildman–Crippen LogP) is 2.89. The first-order valence-corrected chi connectivity index (χ1v) is 12.0. The molecule has 2 aromatic carbocycles. The van der Waals surface area contributed by atoms with Gasteiger partial charge in [-0.1, -0.05) is 29.8 Å². The van der Waals surface area contributed by atoms with Crippen LogP contribution in [0.1, 0.15) is 23.6 Å². The number of nitrogens with one attached hydrogen (secondary N) is 1. The summed E-state index contributed by atoms with van der Waals surface area (Å²) in [6, 6.07) is 11.5. The van der Waals surface area contributed by atoms with Gasteiger partial charge in [0.2, 0.25) is 21.8 Å². The predicted molar refractivity (Wildman–Crippen MR) is 124 cm³/mol. The number of halogens is 1. The van der Waals surface area contributed by atoms with Gasteiger partial charge in [-0.25, -0.2) is 8.42 Å². The molecule has 0 saturated heterocycles. The van der Waals surface area contributed by atoms with Crippen LogP contribution in [0.5, 0.6) is 0 Å². The van der Waals surface area contributed by atoms with Gasteiger partial charge >= 0.3 is 0 Å². The van der Waals surface area contributed by atoms with Gasteiger partial charge in [-0.3, -0.25) is 13.9 Å². The average Bonchev–Trinajstić information content (AvgIpc) is 2.67. The van der Waals surface area contributed by atoms with Crippen molar-refractivity contribution >= 4 is 39.1 Å². The third kappa shape index (κ3) is 6.70. The van der Waals surface area contributed by atoms with E-state index in [9.17, 15) is 18.0 Å². The second kappa shape index (κ2) is 10.2. The quantitative estimate of drug-likeness (QED) is 0.649. The molecule has 0 unspecified atom stereocenters. The van der Waals surface area contributed by atoms with Crippen LogP contribution >= 0.6 is 11.6 Å². The number of carbonyl (C=O) groups excluding carboxylic acids is 2. The fourth-order valence-electron chi connectivity index (χ4n) is 3.33. The Morgan fingerprint density at radius 1 is 1.10 bits per heavy atom. The molecule has 7 nitrogen and oxygen atoms in total. The van der Waals surface area contributed by atoms with Crippen molar-refractivity contribution in [2.75, 3.05) is 24.2 Å². The topological polar surface area (TPSA) is 86.8 Å². The lowest BCUT2D eigenvalue weighted by molar-refractivity contribution is -0.139. The Kier molecular flexibility index (Phi) is 8.08. The van der Waals surface area contributed by atoms with Gasteiger partial charge in [-0.05, 0) is 61.7 Å². The Balaban J connectivity index is 2.42. The maximum atomic E-state index is 13.3. The van der Waals surface area contributed by atoms with Gasteiger partial charge in [0.15, 0.2) is 0 Å². The van der Waals surface area contributed by atoms with Crippen LogP contribution in [0.4, 0.5) is 5.69 Å². The Labute approximate surface area is 189 Å². The minimum Gasteiger partial charge on any atom is -0.357 e. The summed E-state index contributed by atoms with van der Waals surface area (Å²) in [6.45, 7) is 5.00. The highest BCUT2D eigenvalue weighted by Gasteiger charge is 2.29. The highest BCUT2D eigenvalue weighted by molar-refractivity contribution is 7.92. The van der Waals surface area contributed by atoms with Crippen molar-refractivity contribution in [3.05, 3.63) is 64.2 Å². The number of sulfonamides is 1. The summed E-state index contributed by atoms with van der Waals surface area (Å²) < 4.78 is 26.1. The van der Waals surface area contributed by atoms with Gasteiger partial charge in [-0.15, -0.1) is 0 Å². The molecule has 2 amide bonds. The standard InChI is InChI=1S/C22H28ClN3O4S/c1-15-9-16(2)11-20(10-15)26(31(5,29)30)14-21(27)25(17(3)22(28)24-4)13-18-7-6-8-19(23)12-18/h6-12,17H,13-14H2,1-5H3,(H,24,28)/t17-/m0/s1.